The average molecular weight is 322 g/mol. The van der Waals surface area contributed by atoms with Crippen molar-refractivity contribution in [3.63, 3.8) is 0 Å². The highest BCUT2D eigenvalue weighted by Crippen LogP contribution is 2.36. The SMILES string of the molecule is CC(C)OC(=O)c1cc2c([nH]c3ccccc32)c(C(F)(F)F)n1. The predicted octanol–water partition coefficient (Wildman–Crippen LogP) is 4.30. The van der Waals surface area contributed by atoms with E-state index in [-0.39, 0.29) is 11.2 Å². The Morgan fingerprint density at radius 2 is 1.91 bits per heavy atom. The number of alkyl halides is 3. The third-order valence-corrected chi connectivity index (χ3v) is 3.32. The van der Waals surface area contributed by atoms with E-state index in [1.807, 2.05) is 0 Å². The number of hydrogen-bond donors (Lipinski definition) is 1. The molecule has 1 N–H and O–H groups in total. The Bertz CT molecular complexity index is 897. The van der Waals surface area contributed by atoms with Crippen molar-refractivity contribution in [2.75, 3.05) is 0 Å². The lowest BCUT2D eigenvalue weighted by atomic mass is 10.1. The molecule has 23 heavy (non-hydrogen) atoms. The van der Waals surface area contributed by atoms with Gasteiger partial charge in [0.15, 0.2) is 5.69 Å². The van der Waals surface area contributed by atoms with Gasteiger partial charge in [-0.2, -0.15) is 13.2 Å². The van der Waals surface area contributed by atoms with Crippen LogP contribution in [0.15, 0.2) is 30.3 Å². The van der Waals surface area contributed by atoms with Crippen LogP contribution in [-0.2, 0) is 10.9 Å². The lowest BCUT2D eigenvalue weighted by molar-refractivity contribution is -0.139. The van der Waals surface area contributed by atoms with Crippen molar-refractivity contribution < 1.29 is 22.7 Å². The number of ether oxygens (including phenoxy) is 1. The summed E-state index contributed by atoms with van der Waals surface area (Å²) < 4.78 is 44.9. The van der Waals surface area contributed by atoms with Crippen LogP contribution in [0.5, 0.6) is 0 Å². The van der Waals surface area contributed by atoms with E-state index in [2.05, 4.69) is 9.97 Å². The molecule has 0 spiro atoms. The molecule has 120 valence electrons. The third-order valence-electron chi connectivity index (χ3n) is 3.32. The number of pyridine rings is 1. The monoisotopic (exact) mass is 322 g/mol. The second-order valence-electron chi connectivity index (χ2n) is 5.40. The first kappa shape index (κ1) is 15.3. The van der Waals surface area contributed by atoms with Crippen molar-refractivity contribution in [3.05, 3.63) is 41.7 Å². The van der Waals surface area contributed by atoms with E-state index in [1.54, 1.807) is 38.1 Å². The Morgan fingerprint density at radius 1 is 1.22 bits per heavy atom. The summed E-state index contributed by atoms with van der Waals surface area (Å²) >= 11 is 0. The number of H-pyrrole nitrogens is 1. The van der Waals surface area contributed by atoms with Gasteiger partial charge in [-0.1, -0.05) is 18.2 Å². The number of rotatable bonds is 2. The minimum absolute atomic E-state index is 0.139. The molecule has 3 aromatic rings. The topological polar surface area (TPSA) is 55.0 Å². The van der Waals surface area contributed by atoms with Gasteiger partial charge in [-0.15, -0.1) is 0 Å². The van der Waals surface area contributed by atoms with Gasteiger partial charge in [-0.25, -0.2) is 9.78 Å². The van der Waals surface area contributed by atoms with Crippen molar-refractivity contribution in [3.8, 4) is 0 Å². The molecule has 0 unspecified atom stereocenters. The summed E-state index contributed by atoms with van der Waals surface area (Å²) in [4.78, 5) is 18.2. The highest BCUT2D eigenvalue weighted by atomic mass is 19.4. The second-order valence-corrected chi connectivity index (χ2v) is 5.40. The van der Waals surface area contributed by atoms with Crippen LogP contribution in [0.25, 0.3) is 21.8 Å². The zero-order valence-electron chi connectivity index (χ0n) is 12.4. The average Bonchev–Trinajstić information content (AvgIpc) is 2.82. The van der Waals surface area contributed by atoms with Crippen LogP contribution in [0.3, 0.4) is 0 Å². The molecule has 0 atom stereocenters. The first-order valence-corrected chi connectivity index (χ1v) is 6.97. The summed E-state index contributed by atoms with van der Waals surface area (Å²) in [6.45, 7) is 3.24. The summed E-state index contributed by atoms with van der Waals surface area (Å²) in [6.07, 6.45) is -5.13. The molecule has 1 aromatic carbocycles. The van der Waals surface area contributed by atoms with E-state index in [0.717, 1.165) is 0 Å². The molecule has 0 fully saturated rings. The Labute approximate surface area is 129 Å². The van der Waals surface area contributed by atoms with Crippen molar-refractivity contribution in [2.24, 2.45) is 0 Å². The number of para-hydroxylation sites is 1. The smallest absolute Gasteiger partial charge is 0.435 e. The molecule has 0 saturated carbocycles. The van der Waals surface area contributed by atoms with Crippen LogP contribution >= 0.6 is 0 Å². The van der Waals surface area contributed by atoms with E-state index in [1.165, 1.54) is 6.07 Å². The van der Waals surface area contributed by atoms with E-state index in [0.29, 0.717) is 16.3 Å². The molecule has 0 amide bonds. The number of halogens is 3. The van der Waals surface area contributed by atoms with Crippen LogP contribution in [-0.4, -0.2) is 22.0 Å². The Morgan fingerprint density at radius 3 is 2.57 bits per heavy atom. The minimum atomic E-state index is -4.69. The third kappa shape index (κ3) is 2.74. The normalized spacial score (nSPS) is 12.3. The van der Waals surface area contributed by atoms with Gasteiger partial charge in [0.2, 0.25) is 0 Å². The van der Waals surface area contributed by atoms with Gasteiger partial charge in [-0.3, -0.25) is 0 Å². The second kappa shape index (κ2) is 5.26. The number of hydrogen-bond acceptors (Lipinski definition) is 3. The first-order chi connectivity index (χ1) is 10.8. The number of benzene rings is 1. The molecule has 0 radical (unpaired) electrons. The molecule has 2 aromatic heterocycles. The molecule has 0 aliphatic carbocycles. The van der Waals surface area contributed by atoms with Crippen molar-refractivity contribution in [1.29, 1.82) is 0 Å². The van der Waals surface area contributed by atoms with E-state index < -0.39 is 23.9 Å². The van der Waals surface area contributed by atoms with Gasteiger partial charge >= 0.3 is 12.1 Å². The standard InChI is InChI=1S/C16H13F3N2O2/c1-8(2)23-15(22)12-7-10-9-5-3-4-6-11(9)20-13(10)14(21-12)16(17,18)19/h3-8,20H,1-2H3. The molecule has 2 heterocycles. The van der Waals surface area contributed by atoms with Gasteiger partial charge in [0.05, 0.1) is 11.6 Å². The summed E-state index contributed by atoms with van der Waals surface area (Å²) in [5.74, 6) is -0.877. The Kier molecular flexibility index (Phi) is 3.50. The zero-order valence-corrected chi connectivity index (χ0v) is 12.4. The van der Waals surface area contributed by atoms with Gasteiger partial charge in [0.25, 0.3) is 0 Å². The summed E-state index contributed by atoms with van der Waals surface area (Å²) in [5.41, 5.74) is -1.07. The molecule has 3 rings (SSSR count). The van der Waals surface area contributed by atoms with Crippen LogP contribution in [0.4, 0.5) is 13.2 Å². The van der Waals surface area contributed by atoms with E-state index in [9.17, 15) is 18.0 Å². The number of aromatic nitrogens is 2. The van der Waals surface area contributed by atoms with Crippen LogP contribution in [0.1, 0.15) is 30.0 Å². The fraction of sp³-hybridized carbons (Fsp3) is 0.250. The van der Waals surface area contributed by atoms with Crippen LogP contribution in [0, 0.1) is 0 Å². The molecule has 7 heteroatoms. The van der Waals surface area contributed by atoms with Crippen LogP contribution in [0.2, 0.25) is 0 Å². The van der Waals surface area contributed by atoms with Gasteiger partial charge in [0.1, 0.15) is 5.69 Å². The molecule has 4 nitrogen and oxygen atoms in total. The lowest BCUT2D eigenvalue weighted by Gasteiger charge is -2.11. The number of fused-ring (bicyclic) bond motifs is 3. The number of carbonyl (C=O) groups excluding carboxylic acids is 1. The molecular formula is C16H13F3N2O2. The fourth-order valence-corrected chi connectivity index (χ4v) is 2.43. The Hall–Kier alpha value is -2.57. The molecule has 0 bridgehead atoms. The number of esters is 1. The number of carbonyl (C=O) groups is 1. The Balaban J connectivity index is 2.32. The van der Waals surface area contributed by atoms with Crippen molar-refractivity contribution in [1.82, 2.24) is 9.97 Å². The molecule has 0 saturated heterocycles. The fourth-order valence-electron chi connectivity index (χ4n) is 2.43. The quantitative estimate of drug-likeness (QED) is 0.716. The number of nitrogens with one attached hydrogen (secondary N) is 1. The maximum atomic E-state index is 13.3. The van der Waals surface area contributed by atoms with Crippen molar-refractivity contribution in [2.45, 2.75) is 26.1 Å². The summed E-state index contributed by atoms with van der Waals surface area (Å²) in [6, 6.07) is 8.11. The van der Waals surface area contributed by atoms with Gasteiger partial charge < -0.3 is 9.72 Å². The number of aromatic amines is 1. The maximum absolute atomic E-state index is 13.3. The minimum Gasteiger partial charge on any atom is -0.458 e. The molecular weight excluding hydrogens is 309 g/mol. The highest BCUT2D eigenvalue weighted by Gasteiger charge is 2.37. The largest absolute Gasteiger partial charge is 0.458 e. The first-order valence-electron chi connectivity index (χ1n) is 6.97. The van der Waals surface area contributed by atoms with Gasteiger partial charge in [-0.05, 0) is 26.0 Å². The van der Waals surface area contributed by atoms with Crippen molar-refractivity contribution >= 4 is 27.8 Å². The summed E-state index contributed by atoms with van der Waals surface area (Å²) in [5, 5.41) is 0.882. The number of nitrogens with zero attached hydrogens (tertiary/aromatic N) is 1. The zero-order chi connectivity index (χ0) is 16.8. The maximum Gasteiger partial charge on any atom is 0.435 e. The predicted molar refractivity (Wildman–Crippen MR) is 79.2 cm³/mol. The van der Waals surface area contributed by atoms with Crippen LogP contribution < -0.4 is 0 Å². The lowest BCUT2D eigenvalue weighted by Crippen LogP contribution is -2.17. The van der Waals surface area contributed by atoms with E-state index >= 15 is 0 Å². The summed E-state index contributed by atoms with van der Waals surface area (Å²) in [7, 11) is 0. The van der Waals surface area contributed by atoms with E-state index in [4.69, 9.17) is 4.74 Å². The molecule has 0 aliphatic rings. The van der Waals surface area contributed by atoms with Gasteiger partial charge in [0, 0.05) is 16.3 Å². The molecule has 0 aliphatic heterocycles. The highest BCUT2D eigenvalue weighted by molar-refractivity contribution is 6.09.